The molecule has 0 bridgehead atoms. The summed E-state index contributed by atoms with van der Waals surface area (Å²) in [6.07, 6.45) is 3.20. The van der Waals surface area contributed by atoms with E-state index in [4.69, 9.17) is 5.41 Å². The molecule has 22 heavy (non-hydrogen) atoms. The van der Waals surface area contributed by atoms with E-state index in [9.17, 15) is 0 Å². The Balaban J connectivity index is 2.11. The van der Waals surface area contributed by atoms with Crippen molar-refractivity contribution in [1.29, 1.82) is 5.41 Å². The molecule has 0 heterocycles. The number of fused-ring (bicyclic) bond motifs is 3. The molecular formula is C21H15N. The van der Waals surface area contributed by atoms with E-state index in [-0.39, 0.29) is 0 Å². The summed E-state index contributed by atoms with van der Waals surface area (Å²) in [6.45, 7) is 3.85. The molecule has 1 nitrogen and oxygen atoms in total. The summed E-state index contributed by atoms with van der Waals surface area (Å²) in [5.41, 5.74) is 1.91. The van der Waals surface area contributed by atoms with Gasteiger partial charge in [0, 0.05) is 6.21 Å². The number of hydrogen-bond donors (Lipinski definition) is 1. The van der Waals surface area contributed by atoms with Gasteiger partial charge in [-0.3, -0.25) is 0 Å². The summed E-state index contributed by atoms with van der Waals surface area (Å²) in [5.74, 6) is 0. The Morgan fingerprint density at radius 1 is 0.636 bits per heavy atom. The lowest BCUT2D eigenvalue weighted by atomic mass is 9.96. The van der Waals surface area contributed by atoms with E-state index < -0.39 is 0 Å². The van der Waals surface area contributed by atoms with Crippen LogP contribution in [0.1, 0.15) is 11.1 Å². The zero-order chi connectivity index (χ0) is 15.1. The van der Waals surface area contributed by atoms with Crippen molar-refractivity contribution in [2.75, 3.05) is 0 Å². The molecule has 0 radical (unpaired) electrons. The van der Waals surface area contributed by atoms with E-state index >= 15 is 0 Å². The van der Waals surface area contributed by atoms with Gasteiger partial charge in [0.15, 0.2) is 0 Å². The minimum atomic E-state index is 0.905. The number of hydrogen-bond acceptors (Lipinski definition) is 1. The van der Waals surface area contributed by atoms with Gasteiger partial charge >= 0.3 is 0 Å². The van der Waals surface area contributed by atoms with E-state index in [1.807, 2.05) is 6.08 Å². The third-order valence-electron chi connectivity index (χ3n) is 4.24. The molecule has 0 saturated carbocycles. The molecule has 4 rings (SSSR count). The van der Waals surface area contributed by atoms with Gasteiger partial charge in [0.05, 0.1) is 0 Å². The molecule has 1 heteroatoms. The van der Waals surface area contributed by atoms with Crippen molar-refractivity contribution >= 4 is 44.6 Å². The predicted molar refractivity (Wildman–Crippen MR) is 96.9 cm³/mol. The predicted octanol–water partition coefficient (Wildman–Crippen LogP) is 5.79. The normalized spacial score (nSPS) is 11.1. The van der Waals surface area contributed by atoms with Crippen molar-refractivity contribution in [2.45, 2.75) is 0 Å². The van der Waals surface area contributed by atoms with Crippen LogP contribution >= 0.6 is 0 Å². The van der Waals surface area contributed by atoms with Crippen LogP contribution in [0.15, 0.2) is 67.2 Å². The fourth-order valence-corrected chi connectivity index (χ4v) is 3.08. The van der Waals surface area contributed by atoms with E-state index in [0.29, 0.717) is 0 Å². The molecule has 4 aromatic rings. The molecule has 0 saturated heterocycles. The summed E-state index contributed by atoms with van der Waals surface area (Å²) in [5, 5.41) is 14.9. The highest BCUT2D eigenvalue weighted by molar-refractivity contribution is 6.06. The average Bonchev–Trinajstić information content (AvgIpc) is 2.56. The van der Waals surface area contributed by atoms with Crippen LogP contribution < -0.4 is 0 Å². The minimum Gasteiger partial charge on any atom is -0.308 e. The molecule has 0 unspecified atom stereocenters. The molecule has 0 atom stereocenters. The average molecular weight is 281 g/mol. The zero-order valence-electron chi connectivity index (χ0n) is 12.1. The third kappa shape index (κ3) is 1.91. The Morgan fingerprint density at radius 3 is 1.59 bits per heavy atom. The second-order valence-electron chi connectivity index (χ2n) is 5.58. The van der Waals surface area contributed by atoms with Gasteiger partial charge in [-0.05, 0) is 79.8 Å². The number of benzene rings is 4. The highest BCUT2D eigenvalue weighted by atomic mass is 14.3. The van der Waals surface area contributed by atoms with Crippen LogP contribution in [0.5, 0.6) is 0 Å². The van der Waals surface area contributed by atoms with Crippen molar-refractivity contribution in [1.82, 2.24) is 0 Å². The van der Waals surface area contributed by atoms with Crippen molar-refractivity contribution in [3.8, 4) is 0 Å². The standard InChI is InChI=1S/C21H15N/c1-2-14-7-17-10-18-8-15-5-3-4-6-16(15)9-19(18)11-20(17)12-21(14)13-22/h2-13,22H,1H2. The van der Waals surface area contributed by atoms with Gasteiger partial charge in [-0.2, -0.15) is 0 Å². The molecule has 0 aliphatic heterocycles. The van der Waals surface area contributed by atoms with Gasteiger partial charge in [0.1, 0.15) is 0 Å². The van der Waals surface area contributed by atoms with Crippen LogP contribution in [0.2, 0.25) is 0 Å². The first-order valence-corrected chi connectivity index (χ1v) is 7.32. The molecule has 0 aromatic heterocycles. The molecule has 0 aliphatic carbocycles. The van der Waals surface area contributed by atoms with E-state index in [1.54, 1.807) is 0 Å². The molecular weight excluding hydrogens is 266 g/mol. The quantitative estimate of drug-likeness (QED) is 0.355. The lowest BCUT2D eigenvalue weighted by Gasteiger charge is -2.08. The van der Waals surface area contributed by atoms with Gasteiger partial charge < -0.3 is 5.41 Å². The molecule has 0 amide bonds. The third-order valence-corrected chi connectivity index (χ3v) is 4.24. The van der Waals surface area contributed by atoms with Gasteiger partial charge in [0.2, 0.25) is 0 Å². The van der Waals surface area contributed by atoms with Crippen molar-refractivity contribution in [3.05, 3.63) is 78.4 Å². The summed E-state index contributed by atoms with van der Waals surface area (Å²) < 4.78 is 0. The van der Waals surface area contributed by atoms with E-state index in [2.05, 4.69) is 67.2 Å². The highest BCUT2D eigenvalue weighted by Crippen LogP contribution is 2.29. The van der Waals surface area contributed by atoms with Crippen LogP contribution in [0.4, 0.5) is 0 Å². The molecule has 0 fully saturated rings. The SMILES string of the molecule is C=Cc1cc2cc3cc4ccccc4cc3cc2cc1C=N. The largest absolute Gasteiger partial charge is 0.308 e. The fourth-order valence-electron chi connectivity index (χ4n) is 3.08. The first-order valence-electron chi connectivity index (χ1n) is 7.32. The molecule has 0 spiro atoms. The number of nitrogens with one attached hydrogen (secondary N) is 1. The van der Waals surface area contributed by atoms with Crippen LogP contribution in [0.3, 0.4) is 0 Å². The molecule has 104 valence electrons. The maximum atomic E-state index is 7.56. The van der Waals surface area contributed by atoms with Gasteiger partial charge in [-0.1, -0.05) is 36.9 Å². The lowest BCUT2D eigenvalue weighted by molar-refractivity contribution is 1.54. The summed E-state index contributed by atoms with van der Waals surface area (Å²) in [4.78, 5) is 0. The smallest absolute Gasteiger partial charge is 0.0256 e. The van der Waals surface area contributed by atoms with Gasteiger partial charge in [-0.15, -0.1) is 0 Å². The Labute approximate surface area is 129 Å². The van der Waals surface area contributed by atoms with Crippen molar-refractivity contribution in [3.63, 3.8) is 0 Å². The second kappa shape index (κ2) is 4.81. The van der Waals surface area contributed by atoms with Crippen LogP contribution in [-0.4, -0.2) is 6.21 Å². The first kappa shape index (κ1) is 12.8. The monoisotopic (exact) mass is 281 g/mol. The summed E-state index contributed by atoms with van der Waals surface area (Å²) in [6, 6.07) is 21.5. The second-order valence-corrected chi connectivity index (χ2v) is 5.58. The minimum absolute atomic E-state index is 0.905. The Bertz CT molecular complexity index is 972. The Kier molecular flexibility index (Phi) is 2.80. The zero-order valence-corrected chi connectivity index (χ0v) is 12.1. The lowest BCUT2D eigenvalue weighted by Crippen LogP contribution is -1.87. The Hall–Kier alpha value is -2.93. The van der Waals surface area contributed by atoms with Crippen LogP contribution in [0, 0.1) is 5.41 Å². The fraction of sp³-hybridized carbons (Fsp3) is 0. The topological polar surface area (TPSA) is 23.9 Å². The molecule has 1 N–H and O–H groups in total. The van der Waals surface area contributed by atoms with E-state index in [1.165, 1.54) is 33.1 Å². The van der Waals surface area contributed by atoms with Gasteiger partial charge in [0.25, 0.3) is 0 Å². The first-order chi connectivity index (χ1) is 10.8. The Morgan fingerprint density at radius 2 is 1.09 bits per heavy atom. The molecule has 4 aromatic carbocycles. The number of rotatable bonds is 2. The highest BCUT2D eigenvalue weighted by Gasteiger charge is 2.04. The van der Waals surface area contributed by atoms with Crippen LogP contribution in [0.25, 0.3) is 38.4 Å². The van der Waals surface area contributed by atoms with Crippen molar-refractivity contribution < 1.29 is 0 Å². The van der Waals surface area contributed by atoms with E-state index in [0.717, 1.165) is 16.5 Å². The van der Waals surface area contributed by atoms with Crippen molar-refractivity contribution in [2.24, 2.45) is 0 Å². The summed E-state index contributed by atoms with van der Waals surface area (Å²) in [7, 11) is 0. The maximum absolute atomic E-state index is 7.56. The van der Waals surface area contributed by atoms with Gasteiger partial charge in [-0.25, -0.2) is 0 Å². The maximum Gasteiger partial charge on any atom is 0.0256 e. The summed E-state index contributed by atoms with van der Waals surface area (Å²) >= 11 is 0. The molecule has 0 aliphatic rings. The van der Waals surface area contributed by atoms with Crippen LogP contribution in [-0.2, 0) is 0 Å².